The molecule has 0 amide bonds. The summed E-state index contributed by atoms with van der Waals surface area (Å²) in [6.45, 7) is 9.83. The van der Waals surface area contributed by atoms with Gasteiger partial charge in [0, 0.05) is 0 Å². The number of rotatable bonds is 2. The van der Waals surface area contributed by atoms with Gasteiger partial charge in [-0.2, -0.15) is 0 Å². The highest BCUT2D eigenvalue weighted by atomic mass is 28.3. The Labute approximate surface area is 194 Å². The molecule has 2 aliphatic rings. The van der Waals surface area contributed by atoms with Crippen LogP contribution in [0.2, 0.25) is 13.1 Å². The molecule has 0 N–H and O–H groups in total. The van der Waals surface area contributed by atoms with Gasteiger partial charge in [0.2, 0.25) is 6.71 Å². The van der Waals surface area contributed by atoms with Crippen LogP contribution in [0.1, 0.15) is 33.4 Å². The quantitative estimate of drug-likeness (QED) is 0.366. The molecule has 1 aliphatic heterocycles. The maximum absolute atomic E-state index is 2.55. The van der Waals surface area contributed by atoms with Crippen LogP contribution in [-0.2, 0) is 12.8 Å². The first kappa shape index (κ1) is 19.8. The molecule has 0 radical (unpaired) electrons. The molecule has 1 heterocycles. The fourth-order valence-corrected chi connectivity index (χ4v) is 7.18. The number of fused-ring (bicyclic) bond motifs is 5. The van der Waals surface area contributed by atoms with E-state index in [1.165, 1.54) is 49.9 Å². The van der Waals surface area contributed by atoms with Crippen LogP contribution in [0.4, 0.5) is 0 Å². The number of hydrogen-bond donors (Lipinski definition) is 0. The molecule has 2 heteroatoms. The van der Waals surface area contributed by atoms with Crippen LogP contribution < -0.4 is 21.6 Å². The lowest BCUT2D eigenvalue weighted by atomic mass is 9.32. The molecule has 0 saturated heterocycles. The van der Waals surface area contributed by atoms with E-state index in [0.29, 0.717) is 6.71 Å². The van der Waals surface area contributed by atoms with Crippen molar-refractivity contribution >= 4 is 37.1 Å². The molecule has 4 aromatic rings. The van der Waals surface area contributed by atoms with E-state index in [-0.39, 0.29) is 0 Å². The zero-order chi connectivity index (χ0) is 22.0. The summed E-state index contributed by atoms with van der Waals surface area (Å²) in [6.07, 6.45) is 2.13. The van der Waals surface area contributed by atoms with Crippen molar-refractivity contribution in [3.63, 3.8) is 0 Å². The third-order valence-electron chi connectivity index (χ3n) is 7.70. The van der Waals surface area contributed by atoms with Gasteiger partial charge in [-0.15, -0.1) is 0 Å². The van der Waals surface area contributed by atoms with Gasteiger partial charge in [0.1, 0.15) is 0 Å². The zero-order valence-corrected chi connectivity index (χ0v) is 20.7. The van der Waals surface area contributed by atoms with Gasteiger partial charge in [0.15, 0.2) is 0 Å². The molecular formula is C30H29BSi. The molecule has 0 aromatic heterocycles. The smallest absolute Gasteiger partial charge is 0.0682 e. The Morgan fingerprint density at radius 1 is 0.625 bits per heavy atom. The normalized spacial score (nSPS) is 13.6. The van der Waals surface area contributed by atoms with Gasteiger partial charge in [0.05, 0.1) is 8.80 Å². The lowest BCUT2D eigenvalue weighted by Gasteiger charge is -2.31. The van der Waals surface area contributed by atoms with E-state index in [4.69, 9.17) is 0 Å². The van der Waals surface area contributed by atoms with Crippen LogP contribution in [0, 0.1) is 13.8 Å². The Morgan fingerprint density at radius 2 is 1.38 bits per heavy atom. The molecule has 0 nitrogen and oxygen atoms in total. The molecule has 0 saturated carbocycles. The van der Waals surface area contributed by atoms with E-state index < -0.39 is 8.80 Å². The summed E-state index contributed by atoms with van der Waals surface area (Å²) >= 11 is 0. The molecule has 0 unspecified atom stereocenters. The van der Waals surface area contributed by atoms with E-state index in [9.17, 15) is 0 Å². The highest BCUT2D eigenvalue weighted by Crippen LogP contribution is 2.37. The molecule has 0 bridgehead atoms. The van der Waals surface area contributed by atoms with Gasteiger partial charge in [-0.05, 0) is 60.1 Å². The lowest BCUT2D eigenvalue weighted by molar-refractivity contribution is 1.17. The Morgan fingerprint density at radius 3 is 2.19 bits per heavy atom. The van der Waals surface area contributed by atoms with Crippen molar-refractivity contribution in [2.75, 3.05) is 0 Å². The molecule has 156 valence electrons. The maximum atomic E-state index is 2.55. The molecule has 4 aromatic carbocycles. The van der Waals surface area contributed by atoms with Crippen LogP contribution in [0.3, 0.4) is 0 Å². The summed E-state index contributed by atoms with van der Waals surface area (Å²) in [5, 5.41) is 1.60. The number of hydrogen-bond acceptors (Lipinski definition) is 0. The number of aryl methyl sites for hydroxylation is 2. The molecular weight excluding hydrogens is 399 g/mol. The molecule has 6 rings (SSSR count). The maximum Gasteiger partial charge on any atom is 0.242 e. The van der Waals surface area contributed by atoms with Crippen molar-refractivity contribution in [2.45, 2.75) is 39.8 Å². The Hall–Kier alpha value is -2.84. The molecule has 0 atom stereocenters. The summed E-state index contributed by atoms with van der Waals surface area (Å²) in [5.74, 6) is 0. The van der Waals surface area contributed by atoms with Gasteiger partial charge in [-0.25, -0.2) is 0 Å². The highest BCUT2D eigenvalue weighted by Gasteiger charge is 2.35. The SMILES string of the molecule is Cc1ccccc1B1c2cc3c(cc2Cc2cc([SiH](C)C)cc(C)c21)Cc1ccccc1-3. The van der Waals surface area contributed by atoms with Crippen LogP contribution in [0.25, 0.3) is 11.1 Å². The Kier molecular flexibility index (Phi) is 4.55. The third kappa shape index (κ3) is 2.97. The van der Waals surface area contributed by atoms with E-state index in [2.05, 4.69) is 99.7 Å². The van der Waals surface area contributed by atoms with E-state index >= 15 is 0 Å². The second-order valence-electron chi connectivity index (χ2n) is 10.1. The van der Waals surface area contributed by atoms with Crippen molar-refractivity contribution in [2.24, 2.45) is 0 Å². The topological polar surface area (TPSA) is 0 Å². The van der Waals surface area contributed by atoms with E-state index in [1.54, 1.807) is 16.2 Å². The second kappa shape index (κ2) is 7.35. The monoisotopic (exact) mass is 428 g/mol. The van der Waals surface area contributed by atoms with Gasteiger partial charge in [-0.1, -0.05) is 119 Å². The predicted octanol–water partition coefficient (Wildman–Crippen LogP) is 3.99. The average Bonchev–Trinajstić information content (AvgIpc) is 3.14. The minimum atomic E-state index is -0.851. The molecule has 1 aliphatic carbocycles. The fourth-order valence-electron chi connectivity index (χ4n) is 6.06. The summed E-state index contributed by atoms with van der Waals surface area (Å²) < 4.78 is 0. The summed E-state index contributed by atoms with van der Waals surface area (Å²) in [7, 11) is -0.851. The third-order valence-corrected chi connectivity index (χ3v) is 9.36. The molecule has 0 fully saturated rings. The van der Waals surface area contributed by atoms with Crippen LogP contribution in [0.15, 0.2) is 72.8 Å². The minimum Gasteiger partial charge on any atom is -0.0682 e. The lowest BCUT2D eigenvalue weighted by Crippen LogP contribution is -2.59. The first-order valence-electron chi connectivity index (χ1n) is 11.9. The van der Waals surface area contributed by atoms with E-state index in [1.807, 2.05) is 0 Å². The standard InChI is InChI=1S/C30H29BSi/c1-19-9-5-8-12-28(19)31-29-18-27-22(14-21-10-6-7-11-26(21)27)15-23(29)16-24-17-25(32(3)4)13-20(2)30(24)31/h5-13,15,17-18,32H,14,16H2,1-4H3. The van der Waals surface area contributed by atoms with Crippen LogP contribution in [-0.4, -0.2) is 15.5 Å². The second-order valence-corrected chi connectivity index (χ2v) is 13.0. The summed E-state index contributed by atoms with van der Waals surface area (Å²) in [4.78, 5) is 0. The summed E-state index contributed by atoms with van der Waals surface area (Å²) in [5.41, 5.74) is 16.3. The van der Waals surface area contributed by atoms with Crippen molar-refractivity contribution in [3.8, 4) is 11.1 Å². The van der Waals surface area contributed by atoms with Gasteiger partial charge < -0.3 is 0 Å². The van der Waals surface area contributed by atoms with Crippen LogP contribution in [0.5, 0.6) is 0 Å². The van der Waals surface area contributed by atoms with E-state index in [0.717, 1.165) is 12.8 Å². The Balaban J connectivity index is 1.63. The van der Waals surface area contributed by atoms with Gasteiger partial charge in [-0.3, -0.25) is 0 Å². The van der Waals surface area contributed by atoms with Gasteiger partial charge >= 0.3 is 0 Å². The predicted molar refractivity (Wildman–Crippen MR) is 143 cm³/mol. The zero-order valence-electron chi connectivity index (χ0n) is 19.5. The first-order valence-corrected chi connectivity index (χ1v) is 14.8. The largest absolute Gasteiger partial charge is 0.242 e. The Bertz CT molecular complexity index is 1380. The molecule has 0 spiro atoms. The van der Waals surface area contributed by atoms with Crippen molar-refractivity contribution in [3.05, 3.63) is 106 Å². The van der Waals surface area contributed by atoms with Gasteiger partial charge in [0.25, 0.3) is 0 Å². The summed E-state index contributed by atoms with van der Waals surface area (Å²) in [6, 6.07) is 28.1. The molecule has 32 heavy (non-hydrogen) atoms. The van der Waals surface area contributed by atoms with Crippen molar-refractivity contribution < 1.29 is 0 Å². The van der Waals surface area contributed by atoms with Crippen molar-refractivity contribution in [1.29, 1.82) is 0 Å². The minimum absolute atomic E-state index is 0.316. The van der Waals surface area contributed by atoms with Crippen LogP contribution >= 0.6 is 0 Å². The van der Waals surface area contributed by atoms with Crippen molar-refractivity contribution in [1.82, 2.24) is 0 Å². The first-order chi connectivity index (χ1) is 15.5. The number of benzene rings is 4. The fraction of sp³-hybridized carbons (Fsp3) is 0.200. The highest BCUT2D eigenvalue weighted by molar-refractivity contribution is 6.97. The average molecular weight is 428 g/mol.